The van der Waals surface area contributed by atoms with Crippen LogP contribution < -0.4 is 10.0 Å². The van der Waals surface area contributed by atoms with Crippen LogP contribution in [0, 0.1) is 0 Å². The zero-order chi connectivity index (χ0) is 16.9. The van der Waals surface area contributed by atoms with Crippen LogP contribution in [0.3, 0.4) is 0 Å². The first-order valence-corrected chi connectivity index (χ1v) is 9.80. The van der Waals surface area contributed by atoms with Crippen LogP contribution in [0.1, 0.15) is 37.8 Å². The van der Waals surface area contributed by atoms with Crippen LogP contribution in [-0.2, 0) is 27.6 Å². The van der Waals surface area contributed by atoms with Crippen LogP contribution in [0.25, 0.3) is 0 Å². The van der Waals surface area contributed by atoms with Gasteiger partial charge in [0.2, 0.25) is 10.0 Å². The Hall–Kier alpha value is -0.950. The van der Waals surface area contributed by atoms with E-state index in [4.69, 9.17) is 4.74 Å². The average Bonchev–Trinajstić information content (AvgIpc) is 3.02. The third-order valence-electron chi connectivity index (χ3n) is 4.60. The van der Waals surface area contributed by atoms with E-state index in [9.17, 15) is 8.42 Å². The quantitative estimate of drug-likeness (QED) is 0.758. The monoisotopic (exact) mass is 340 g/mol. The second-order valence-corrected chi connectivity index (χ2v) is 7.97. The van der Waals surface area contributed by atoms with E-state index in [0.717, 1.165) is 37.8 Å². The summed E-state index contributed by atoms with van der Waals surface area (Å²) in [5, 5.41) is 3.38. The molecular weight excluding hydrogens is 312 g/mol. The number of hydrogen-bond donors (Lipinski definition) is 2. The summed E-state index contributed by atoms with van der Waals surface area (Å²) < 4.78 is 33.3. The minimum absolute atomic E-state index is 0.293. The third kappa shape index (κ3) is 4.32. The number of methoxy groups -OCH3 is 1. The zero-order valence-corrected chi connectivity index (χ0v) is 15.1. The Morgan fingerprint density at radius 1 is 1.26 bits per heavy atom. The van der Waals surface area contributed by atoms with E-state index < -0.39 is 10.0 Å². The minimum atomic E-state index is -3.51. The van der Waals surface area contributed by atoms with Gasteiger partial charge in [-0.2, -0.15) is 0 Å². The van der Waals surface area contributed by atoms with E-state index in [1.807, 2.05) is 13.0 Å². The first-order valence-electron chi connectivity index (χ1n) is 8.32. The molecule has 2 rings (SSSR count). The summed E-state index contributed by atoms with van der Waals surface area (Å²) in [7, 11) is -1.86. The molecule has 6 heteroatoms. The van der Waals surface area contributed by atoms with Gasteiger partial charge >= 0.3 is 0 Å². The Balaban J connectivity index is 2.15. The maximum atomic E-state index is 12.6. The molecular formula is C17H28N2O3S. The van der Waals surface area contributed by atoms with Crippen molar-refractivity contribution in [3.05, 3.63) is 29.3 Å². The molecule has 2 N–H and O–H groups in total. The normalized spacial score (nSPS) is 21.7. The van der Waals surface area contributed by atoms with Crippen LogP contribution >= 0.6 is 0 Å². The summed E-state index contributed by atoms with van der Waals surface area (Å²) in [6, 6.07) is 5.42. The number of nitrogens with one attached hydrogen (secondary N) is 2. The van der Waals surface area contributed by atoms with E-state index in [-0.39, 0.29) is 5.54 Å². The lowest BCUT2D eigenvalue weighted by Crippen LogP contribution is -2.52. The average molecular weight is 340 g/mol. The van der Waals surface area contributed by atoms with E-state index in [1.165, 1.54) is 5.56 Å². The van der Waals surface area contributed by atoms with Crippen LogP contribution in [-0.4, -0.2) is 40.8 Å². The van der Waals surface area contributed by atoms with E-state index in [2.05, 4.69) is 17.0 Å². The molecule has 5 nitrogen and oxygen atoms in total. The molecule has 0 aliphatic carbocycles. The fourth-order valence-corrected chi connectivity index (χ4v) is 4.41. The molecule has 0 aromatic heterocycles. The second-order valence-electron chi connectivity index (χ2n) is 6.21. The summed E-state index contributed by atoms with van der Waals surface area (Å²) in [6.45, 7) is 5.89. The molecule has 130 valence electrons. The van der Waals surface area contributed by atoms with Gasteiger partial charge in [0, 0.05) is 13.7 Å². The summed E-state index contributed by atoms with van der Waals surface area (Å²) in [6.07, 6.45) is 3.70. The number of hydrogen-bond acceptors (Lipinski definition) is 4. The molecule has 1 saturated heterocycles. The fraction of sp³-hybridized carbons (Fsp3) is 0.647. The molecule has 23 heavy (non-hydrogen) atoms. The Morgan fingerprint density at radius 3 is 2.57 bits per heavy atom. The number of ether oxygens (including phenoxy) is 1. The largest absolute Gasteiger partial charge is 0.383 e. The number of sulfonamides is 1. The lowest BCUT2D eigenvalue weighted by atomic mass is 9.99. The van der Waals surface area contributed by atoms with Crippen molar-refractivity contribution in [2.24, 2.45) is 0 Å². The standard InChI is InChI=1S/C17H28N2O3S/c1-4-14-7-8-16(11-15(14)5-2)23(20,21)19-12-17(13-22-3)9-6-10-18-17/h7-8,11,18-19H,4-6,9-10,12-13H2,1-3H3. The molecule has 1 aromatic carbocycles. The van der Waals surface area contributed by atoms with Gasteiger partial charge in [-0.05, 0) is 55.5 Å². The van der Waals surface area contributed by atoms with Gasteiger partial charge in [-0.15, -0.1) is 0 Å². The molecule has 1 aromatic rings. The van der Waals surface area contributed by atoms with Gasteiger partial charge < -0.3 is 10.1 Å². The minimum Gasteiger partial charge on any atom is -0.383 e. The van der Waals surface area contributed by atoms with E-state index in [1.54, 1.807) is 19.2 Å². The van der Waals surface area contributed by atoms with Crippen LogP contribution in [0.4, 0.5) is 0 Å². The van der Waals surface area contributed by atoms with Gasteiger partial charge in [0.1, 0.15) is 0 Å². The molecule has 0 saturated carbocycles. The molecule has 1 aliphatic heterocycles. The first-order chi connectivity index (χ1) is 11.0. The lowest BCUT2D eigenvalue weighted by molar-refractivity contribution is 0.122. The SMILES string of the molecule is CCc1ccc(S(=O)(=O)NCC2(COC)CCCN2)cc1CC. The van der Waals surface area contributed by atoms with Gasteiger partial charge in [-0.1, -0.05) is 19.9 Å². The van der Waals surface area contributed by atoms with Crippen molar-refractivity contribution in [2.45, 2.75) is 50.0 Å². The molecule has 1 aliphatic rings. The number of benzene rings is 1. The van der Waals surface area contributed by atoms with Gasteiger partial charge in [-0.25, -0.2) is 13.1 Å². The Labute approximate surface area is 139 Å². The topological polar surface area (TPSA) is 67.4 Å². The lowest BCUT2D eigenvalue weighted by Gasteiger charge is -2.28. The Bertz CT molecular complexity index is 623. The highest BCUT2D eigenvalue weighted by molar-refractivity contribution is 7.89. The van der Waals surface area contributed by atoms with Crippen molar-refractivity contribution < 1.29 is 13.2 Å². The van der Waals surface area contributed by atoms with Gasteiger partial charge in [0.25, 0.3) is 0 Å². The van der Waals surface area contributed by atoms with Gasteiger partial charge in [-0.3, -0.25) is 0 Å². The zero-order valence-electron chi connectivity index (χ0n) is 14.3. The molecule has 0 amide bonds. The first kappa shape index (κ1) is 18.4. The highest BCUT2D eigenvalue weighted by atomic mass is 32.2. The van der Waals surface area contributed by atoms with Gasteiger partial charge in [0.05, 0.1) is 17.0 Å². The van der Waals surface area contributed by atoms with Crippen molar-refractivity contribution in [3.63, 3.8) is 0 Å². The van der Waals surface area contributed by atoms with Crippen molar-refractivity contribution >= 4 is 10.0 Å². The molecule has 0 radical (unpaired) electrons. The van der Waals surface area contributed by atoms with Crippen molar-refractivity contribution in [1.29, 1.82) is 0 Å². The Kier molecular flexibility index (Phi) is 6.19. The summed E-state index contributed by atoms with van der Waals surface area (Å²) >= 11 is 0. The van der Waals surface area contributed by atoms with Crippen LogP contribution in [0.15, 0.2) is 23.1 Å². The predicted octanol–water partition coefficient (Wildman–Crippen LogP) is 1.86. The Morgan fingerprint density at radius 2 is 2.00 bits per heavy atom. The van der Waals surface area contributed by atoms with E-state index >= 15 is 0 Å². The molecule has 0 spiro atoms. The highest BCUT2D eigenvalue weighted by Crippen LogP contribution is 2.21. The summed E-state index contributed by atoms with van der Waals surface area (Å²) in [5.41, 5.74) is 2.01. The maximum absolute atomic E-state index is 12.6. The molecule has 0 bridgehead atoms. The van der Waals surface area contributed by atoms with E-state index in [0.29, 0.717) is 18.0 Å². The fourth-order valence-electron chi connectivity index (χ4n) is 3.23. The molecule has 1 unspecified atom stereocenters. The third-order valence-corrected chi connectivity index (χ3v) is 6.00. The predicted molar refractivity (Wildman–Crippen MR) is 92.2 cm³/mol. The van der Waals surface area contributed by atoms with Crippen molar-refractivity contribution in [1.82, 2.24) is 10.0 Å². The second kappa shape index (κ2) is 7.75. The van der Waals surface area contributed by atoms with Crippen LogP contribution in [0.5, 0.6) is 0 Å². The molecule has 1 atom stereocenters. The van der Waals surface area contributed by atoms with Crippen LogP contribution in [0.2, 0.25) is 0 Å². The smallest absolute Gasteiger partial charge is 0.240 e. The molecule has 1 heterocycles. The number of aryl methyl sites for hydroxylation is 2. The number of rotatable bonds is 8. The maximum Gasteiger partial charge on any atom is 0.240 e. The van der Waals surface area contributed by atoms with Gasteiger partial charge in [0.15, 0.2) is 0 Å². The summed E-state index contributed by atoms with van der Waals surface area (Å²) in [4.78, 5) is 0.345. The molecule has 1 fully saturated rings. The van der Waals surface area contributed by atoms with Crippen molar-refractivity contribution in [3.8, 4) is 0 Å². The summed E-state index contributed by atoms with van der Waals surface area (Å²) in [5.74, 6) is 0. The highest BCUT2D eigenvalue weighted by Gasteiger charge is 2.34. The van der Waals surface area contributed by atoms with Crippen molar-refractivity contribution in [2.75, 3.05) is 26.8 Å².